The number of guanidine groups is 1. The number of aliphatic imine (C=N–C) groups is 1. The van der Waals surface area contributed by atoms with Crippen molar-refractivity contribution in [3.8, 4) is 5.75 Å². The van der Waals surface area contributed by atoms with Crippen LogP contribution in [0.25, 0.3) is 0 Å². The van der Waals surface area contributed by atoms with Crippen LogP contribution in [0.3, 0.4) is 0 Å². The first-order chi connectivity index (χ1) is 15.7. The second-order valence-electron chi connectivity index (χ2n) is 7.92. The van der Waals surface area contributed by atoms with Crippen LogP contribution >= 0.6 is 0 Å². The average Bonchev–Trinajstić information content (AvgIpc) is 3.34. The van der Waals surface area contributed by atoms with Gasteiger partial charge in [-0.05, 0) is 69.1 Å². The number of carbonyl (C=O) groups excluding carboxylic acids is 1. The number of nitrogens with two attached hydrogens (primary N) is 1. The van der Waals surface area contributed by atoms with Gasteiger partial charge in [0.15, 0.2) is 12.6 Å². The molecule has 1 aromatic heterocycles. The first-order valence-corrected chi connectivity index (χ1v) is 11.5. The molecule has 0 aliphatic carbocycles. The van der Waals surface area contributed by atoms with Crippen LogP contribution in [0.15, 0.2) is 52.1 Å². The molecule has 1 atom stereocenters. The van der Waals surface area contributed by atoms with Crippen molar-refractivity contribution in [2.45, 2.75) is 38.6 Å². The number of furan rings is 1. The van der Waals surface area contributed by atoms with Gasteiger partial charge in [-0.15, -0.1) is 0 Å². The number of benzene rings is 1. The van der Waals surface area contributed by atoms with Gasteiger partial charge in [0.25, 0.3) is 5.91 Å². The van der Waals surface area contributed by atoms with E-state index in [1.165, 1.54) is 24.8 Å². The Morgan fingerprint density at radius 3 is 2.62 bits per heavy atom. The number of carbonyl (C=O) groups is 1. The third-order valence-electron chi connectivity index (χ3n) is 5.48. The van der Waals surface area contributed by atoms with E-state index in [1.807, 2.05) is 36.4 Å². The van der Waals surface area contributed by atoms with Gasteiger partial charge in [-0.1, -0.05) is 18.6 Å². The minimum absolute atomic E-state index is 0.111. The molecular weight excluding hydrogens is 406 g/mol. The highest BCUT2D eigenvalue weighted by Crippen LogP contribution is 2.25. The molecular formula is C24H35N5O3. The van der Waals surface area contributed by atoms with Gasteiger partial charge in [-0.25, -0.2) is 0 Å². The summed E-state index contributed by atoms with van der Waals surface area (Å²) in [6.45, 7) is 6.33. The maximum atomic E-state index is 10.8. The number of likely N-dealkylation sites (tertiary alicyclic amines) is 1. The normalized spacial score (nSPS) is 15.8. The van der Waals surface area contributed by atoms with Crippen LogP contribution < -0.4 is 21.1 Å². The highest BCUT2D eigenvalue weighted by Gasteiger charge is 2.24. The zero-order valence-electron chi connectivity index (χ0n) is 18.9. The van der Waals surface area contributed by atoms with Crippen LogP contribution in [0.5, 0.6) is 5.75 Å². The molecule has 1 fully saturated rings. The smallest absolute Gasteiger partial charge is 0.255 e. The lowest BCUT2D eigenvalue weighted by Crippen LogP contribution is -2.40. The van der Waals surface area contributed by atoms with Gasteiger partial charge in [0.2, 0.25) is 0 Å². The molecule has 1 amide bonds. The van der Waals surface area contributed by atoms with Crippen LogP contribution in [0.1, 0.15) is 43.6 Å². The van der Waals surface area contributed by atoms with Crippen molar-refractivity contribution in [2.24, 2.45) is 10.7 Å². The fourth-order valence-electron chi connectivity index (χ4n) is 3.85. The first-order valence-electron chi connectivity index (χ1n) is 11.5. The first kappa shape index (κ1) is 23.7. The summed E-state index contributed by atoms with van der Waals surface area (Å²) in [5.74, 6) is 1.94. The topological polar surface area (TPSA) is 105 Å². The summed E-state index contributed by atoms with van der Waals surface area (Å²) in [7, 11) is 0. The van der Waals surface area contributed by atoms with E-state index in [9.17, 15) is 4.79 Å². The number of piperidine rings is 1. The van der Waals surface area contributed by atoms with E-state index < -0.39 is 5.91 Å². The Morgan fingerprint density at radius 2 is 1.97 bits per heavy atom. The zero-order valence-corrected chi connectivity index (χ0v) is 18.9. The monoisotopic (exact) mass is 441 g/mol. The molecule has 2 aromatic rings. The highest BCUT2D eigenvalue weighted by molar-refractivity contribution is 5.79. The van der Waals surface area contributed by atoms with E-state index in [0.717, 1.165) is 44.3 Å². The number of primary amides is 1. The molecule has 1 aromatic carbocycles. The lowest BCUT2D eigenvalue weighted by Gasteiger charge is -2.32. The fraction of sp³-hybridized carbons (Fsp3) is 0.500. The van der Waals surface area contributed by atoms with Gasteiger partial charge in [0, 0.05) is 13.1 Å². The Hall–Kier alpha value is -3.00. The Kier molecular flexibility index (Phi) is 9.43. The maximum absolute atomic E-state index is 10.8. The standard InChI is InChI=1S/C24H35N5O3/c1-2-26-24(27-13-12-19-8-10-20(11-9-19)32-18-23(25)30)28-17-21(22-7-6-16-31-22)29-14-4-3-5-15-29/h6-11,16,21H,2-5,12-15,17-18H2,1H3,(H2,25,30)(H2,26,27,28). The van der Waals surface area contributed by atoms with Crippen LogP contribution in [0, 0.1) is 0 Å². The van der Waals surface area contributed by atoms with Crippen molar-refractivity contribution < 1.29 is 13.9 Å². The quantitative estimate of drug-likeness (QED) is 0.365. The molecule has 1 aliphatic rings. The summed E-state index contributed by atoms with van der Waals surface area (Å²) < 4.78 is 11.0. The Bertz CT molecular complexity index is 830. The van der Waals surface area contributed by atoms with Gasteiger partial charge in [-0.3, -0.25) is 14.7 Å². The molecule has 4 N–H and O–H groups in total. The van der Waals surface area contributed by atoms with E-state index >= 15 is 0 Å². The second-order valence-corrected chi connectivity index (χ2v) is 7.92. The summed E-state index contributed by atoms with van der Waals surface area (Å²) in [5.41, 5.74) is 6.27. The van der Waals surface area contributed by atoms with Crippen LogP contribution in [0.2, 0.25) is 0 Å². The molecule has 1 unspecified atom stereocenters. The van der Waals surface area contributed by atoms with Crippen molar-refractivity contribution in [1.29, 1.82) is 0 Å². The molecule has 8 heteroatoms. The molecule has 0 spiro atoms. The predicted molar refractivity (Wildman–Crippen MR) is 126 cm³/mol. The van der Waals surface area contributed by atoms with Crippen LogP contribution in [0.4, 0.5) is 0 Å². The number of nitrogens with zero attached hydrogens (tertiary/aromatic N) is 2. The van der Waals surface area contributed by atoms with E-state index in [2.05, 4.69) is 22.5 Å². The van der Waals surface area contributed by atoms with Crippen LogP contribution in [-0.4, -0.2) is 56.1 Å². The molecule has 1 aliphatic heterocycles. The third-order valence-corrected chi connectivity index (χ3v) is 5.48. The zero-order chi connectivity index (χ0) is 22.6. The predicted octanol–water partition coefficient (Wildman–Crippen LogP) is 2.47. The molecule has 32 heavy (non-hydrogen) atoms. The van der Waals surface area contributed by atoms with Gasteiger partial charge in [0.05, 0.1) is 18.8 Å². The van der Waals surface area contributed by atoms with Crippen molar-refractivity contribution >= 4 is 11.9 Å². The molecule has 0 saturated carbocycles. The van der Waals surface area contributed by atoms with E-state index in [-0.39, 0.29) is 12.6 Å². The largest absolute Gasteiger partial charge is 0.484 e. The minimum atomic E-state index is -0.483. The maximum Gasteiger partial charge on any atom is 0.255 e. The lowest BCUT2D eigenvalue weighted by molar-refractivity contribution is -0.119. The summed E-state index contributed by atoms with van der Waals surface area (Å²) in [4.78, 5) is 18.2. The third kappa shape index (κ3) is 7.60. The molecule has 2 heterocycles. The van der Waals surface area contributed by atoms with Gasteiger partial charge < -0.3 is 25.5 Å². The minimum Gasteiger partial charge on any atom is -0.484 e. The number of hydrogen-bond donors (Lipinski definition) is 3. The Labute approximate surface area is 190 Å². The summed E-state index contributed by atoms with van der Waals surface area (Å²) in [6.07, 6.45) is 6.34. The number of amides is 1. The summed E-state index contributed by atoms with van der Waals surface area (Å²) >= 11 is 0. The fourth-order valence-corrected chi connectivity index (χ4v) is 3.85. The Balaban J connectivity index is 1.53. The van der Waals surface area contributed by atoms with Crippen molar-refractivity contribution in [2.75, 3.05) is 39.3 Å². The Morgan fingerprint density at radius 1 is 1.19 bits per heavy atom. The van der Waals surface area contributed by atoms with Gasteiger partial charge in [0.1, 0.15) is 11.5 Å². The van der Waals surface area contributed by atoms with E-state index in [4.69, 9.17) is 19.9 Å². The molecule has 8 nitrogen and oxygen atoms in total. The molecule has 174 valence electrons. The second kappa shape index (κ2) is 12.8. The van der Waals surface area contributed by atoms with E-state index in [1.54, 1.807) is 6.26 Å². The molecule has 0 radical (unpaired) electrons. The SMILES string of the molecule is CCNC(=NCC(c1ccco1)N1CCCCC1)NCCc1ccc(OCC(N)=O)cc1. The lowest BCUT2D eigenvalue weighted by atomic mass is 10.1. The van der Waals surface area contributed by atoms with Gasteiger partial charge in [-0.2, -0.15) is 0 Å². The highest BCUT2D eigenvalue weighted by atomic mass is 16.5. The molecule has 1 saturated heterocycles. The number of ether oxygens (including phenoxy) is 1. The average molecular weight is 442 g/mol. The number of nitrogens with one attached hydrogen (secondary N) is 2. The number of rotatable bonds is 11. The van der Waals surface area contributed by atoms with Crippen molar-refractivity contribution in [3.05, 3.63) is 54.0 Å². The molecule has 3 rings (SSSR count). The number of hydrogen-bond acceptors (Lipinski definition) is 5. The van der Waals surface area contributed by atoms with Crippen LogP contribution in [-0.2, 0) is 11.2 Å². The van der Waals surface area contributed by atoms with E-state index in [0.29, 0.717) is 12.3 Å². The van der Waals surface area contributed by atoms with Crippen molar-refractivity contribution in [1.82, 2.24) is 15.5 Å². The van der Waals surface area contributed by atoms with Crippen molar-refractivity contribution in [3.63, 3.8) is 0 Å². The summed E-state index contributed by atoms with van der Waals surface area (Å²) in [6, 6.07) is 11.8. The van der Waals surface area contributed by atoms with Gasteiger partial charge >= 0.3 is 0 Å². The summed E-state index contributed by atoms with van der Waals surface area (Å²) in [5, 5.41) is 6.76. The molecule has 0 bridgehead atoms.